The predicted octanol–water partition coefficient (Wildman–Crippen LogP) is 1.81. The first-order chi connectivity index (χ1) is 9.79. The van der Waals surface area contributed by atoms with Crippen LogP contribution < -0.4 is 5.14 Å². The van der Waals surface area contributed by atoms with Gasteiger partial charge in [-0.15, -0.1) is 11.3 Å². The second-order valence-electron chi connectivity index (χ2n) is 4.45. The minimum Gasteiger partial charge on any atom is -0.337 e. The fourth-order valence-electron chi connectivity index (χ4n) is 1.75. The maximum absolute atomic E-state index is 13.5. The van der Waals surface area contributed by atoms with Gasteiger partial charge in [0.05, 0.1) is 5.56 Å². The molecule has 0 saturated carbocycles. The average molecular weight is 328 g/mol. The summed E-state index contributed by atoms with van der Waals surface area (Å²) in [6.45, 7) is 0.0893. The molecular weight excluding hydrogens is 315 g/mol. The van der Waals surface area contributed by atoms with E-state index in [1.165, 1.54) is 29.5 Å². The summed E-state index contributed by atoms with van der Waals surface area (Å²) in [6, 6.07) is 7.37. The number of hydrogen-bond donors (Lipinski definition) is 1. The van der Waals surface area contributed by atoms with Crippen LogP contribution in [0.1, 0.15) is 15.9 Å². The van der Waals surface area contributed by atoms with Crippen LogP contribution in [-0.2, 0) is 16.6 Å². The highest BCUT2D eigenvalue weighted by atomic mass is 32.2. The summed E-state index contributed by atoms with van der Waals surface area (Å²) in [6.07, 6.45) is 0. The van der Waals surface area contributed by atoms with E-state index in [4.69, 9.17) is 5.14 Å². The lowest BCUT2D eigenvalue weighted by Crippen LogP contribution is -2.26. The number of nitrogens with two attached hydrogens (primary N) is 1. The van der Waals surface area contributed by atoms with Gasteiger partial charge in [0, 0.05) is 24.5 Å². The molecule has 0 bridgehead atoms. The molecule has 0 unspecified atom stereocenters. The number of carbonyl (C=O) groups is 1. The Morgan fingerprint density at radius 1 is 1.38 bits per heavy atom. The summed E-state index contributed by atoms with van der Waals surface area (Å²) in [5.74, 6) is -0.794. The van der Waals surface area contributed by atoms with Crippen LogP contribution in [0.25, 0.3) is 0 Å². The molecule has 112 valence electrons. The molecule has 0 aliphatic heterocycles. The van der Waals surface area contributed by atoms with Gasteiger partial charge in [-0.1, -0.05) is 18.2 Å². The molecule has 0 fully saturated rings. The van der Waals surface area contributed by atoms with E-state index in [9.17, 15) is 17.6 Å². The van der Waals surface area contributed by atoms with Gasteiger partial charge in [0.15, 0.2) is 0 Å². The Labute approximate surface area is 125 Å². The van der Waals surface area contributed by atoms with E-state index in [1.54, 1.807) is 18.2 Å². The Hall–Kier alpha value is -1.77. The normalized spacial score (nSPS) is 11.4. The van der Waals surface area contributed by atoms with E-state index in [-0.39, 0.29) is 16.3 Å². The third-order valence-electron chi connectivity index (χ3n) is 2.81. The second-order valence-corrected chi connectivity index (χ2v) is 7.15. The van der Waals surface area contributed by atoms with E-state index in [0.717, 1.165) is 11.3 Å². The lowest BCUT2D eigenvalue weighted by molar-refractivity contribution is 0.0784. The number of carbonyl (C=O) groups excluding carboxylic acids is 1. The first kappa shape index (κ1) is 15.6. The van der Waals surface area contributed by atoms with Crippen molar-refractivity contribution in [3.63, 3.8) is 0 Å². The standard InChI is InChI=1S/C13H13FN2O3S2/c1-16(7-9-4-2-3-5-11(9)14)13(17)10-6-12(20-8-10)21(15,18)19/h2-6,8H,7H2,1H3,(H2,15,18,19). The van der Waals surface area contributed by atoms with Gasteiger partial charge in [-0.2, -0.15) is 0 Å². The van der Waals surface area contributed by atoms with Gasteiger partial charge in [-0.05, 0) is 12.1 Å². The van der Waals surface area contributed by atoms with E-state index in [2.05, 4.69) is 0 Å². The van der Waals surface area contributed by atoms with Crippen LogP contribution in [0.3, 0.4) is 0 Å². The third kappa shape index (κ3) is 3.66. The van der Waals surface area contributed by atoms with Crippen molar-refractivity contribution in [2.45, 2.75) is 10.8 Å². The molecular formula is C13H13FN2O3S2. The summed E-state index contributed by atoms with van der Waals surface area (Å²) in [7, 11) is -2.30. The summed E-state index contributed by atoms with van der Waals surface area (Å²) < 4.78 is 35.8. The second kappa shape index (κ2) is 5.92. The van der Waals surface area contributed by atoms with Crippen molar-refractivity contribution in [1.82, 2.24) is 4.90 Å². The average Bonchev–Trinajstić information content (AvgIpc) is 2.90. The van der Waals surface area contributed by atoms with Crippen molar-refractivity contribution in [3.05, 3.63) is 52.7 Å². The number of benzene rings is 1. The lowest BCUT2D eigenvalue weighted by atomic mass is 10.2. The minimum atomic E-state index is -3.82. The number of thiophene rings is 1. The van der Waals surface area contributed by atoms with Crippen LogP contribution >= 0.6 is 11.3 Å². The molecule has 2 rings (SSSR count). The van der Waals surface area contributed by atoms with Gasteiger partial charge in [0.1, 0.15) is 10.0 Å². The molecule has 0 saturated heterocycles. The number of nitrogens with zero attached hydrogens (tertiary/aromatic N) is 1. The zero-order valence-electron chi connectivity index (χ0n) is 11.1. The molecule has 8 heteroatoms. The molecule has 0 aliphatic carbocycles. The van der Waals surface area contributed by atoms with Crippen LogP contribution in [0.15, 0.2) is 39.9 Å². The lowest BCUT2D eigenvalue weighted by Gasteiger charge is -2.16. The summed E-state index contributed by atoms with van der Waals surface area (Å²) >= 11 is 0.877. The quantitative estimate of drug-likeness (QED) is 0.929. The highest BCUT2D eigenvalue weighted by Crippen LogP contribution is 2.20. The number of rotatable bonds is 4. The zero-order valence-corrected chi connectivity index (χ0v) is 12.7. The summed E-state index contributed by atoms with van der Waals surface area (Å²) in [4.78, 5) is 13.5. The van der Waals surface area contributed by atoms with Crippen molar-refractivity contribution < 1.29 is 17.6 Å². The first-order valence-corrected chi connectivity index (χ1v) is 8.32. The molecule has 2 N–H and O–H groups in total. The Morgan fingerprint density at radius 2 is 2.05 bits per heavy atom. The summed E-state index contributed by atoms with van der Waals surface area (Å²) in [5, 5.41) is 6.41. The molecule has 0 spiro atoms. The van der Waals surface area contributed by atoms with Gasteiger partial charge in [-0.25, -0.2) is 17.9 Å². The Kier molecular flexibility index (Phi) is 4.40. The molecule has 5 nitrogen and oxygen atoms in total. The Morgan fingerprint density at radius 3 is 2.62 bits per heavy atom. The fourth-order valence-corrected chi connectivity index (χ4v) is 3.33. The van der Waals surface area contributed by atoms with E-state index >= 15 is 0 Å². The molecule has 0 radical (unpaired) electrons. The van der Waals surface area contributed by atoms with Gasteiger partial charge >= 0.3 is 0 Å². The molecule has 2 aromatic rings. The number of amides is 1. The smallest absolute Gasteiger partial charge is 0.254 e. The number of sulfonamides is 1. The maximum atomic E-state index is 13.5. The number of hydrogen-bond acceptors (Lipinski definition) is 4. The topological polar surface area (TPSA) is 80.5 Å². The van der Waals surface area contributed by atoms with E-state index in [0.29, 0.717) is 5.56 Å². The van der Waals surface area contributed by atoms with Gasteiger partial charge in [-0.3, -0.25) is 4.79 Å². The van der Waals surface area contributed by atoms with Crippen LogP contribution in [0, 0.1) is 5.82 Å². The van der Waals surface area contributed by atoms with Gasteiger partial charge in [0.2, 0.25) is 10.0 Å². The third-order valence-corrected chi connectivity index (χ3v) is 5.20. The van der Waals surface area contributed by atoms with Gasteiger partial charge in [0.25, 0.3) is 5.91 Å². The SMILES string of the molecule is CN(Cc1ccccc1F)C(=O)c1csc(S(N)(=O)=O)c1. The minimum absolute atomic E-state index is 0.0786. The van der Waals surface area contributed by atoms with Crippen molar-refractivity contribution >= 4 is 27.3 Å². The van der Waals surface area contributed by atoms with Crippen molar-refractivity contribution in [1.29, 1.82) is 0 Å². The predicted molar refractivity (Wildman–Crippen MR) is 77.9 cm³/mol. The number of halogens is 1. The highest BCUT2D eigenvalue weighted by molar-refractivity contribution is 7.91. The number of primary sulfonamides is 1. The summed E-state index contributed by atoms with van der Waals surface area (Å²) in [5.41, 5.74) is 0.595. The molecule has 1 aromatic carbocycles. The van der Waals surface area contributed by atoms with Crippen LogP contribution in [-0.4, -0.2) is 26.3 Å². The first-order valence-electron chi connectivity index (χ1n) is 5.89. The maximum Gasteiger partial charge on any atom is 0.254 e. The Bertz CT molecular complexity index is 771. The van der Waals surface area contributed by atoms with Crippen LogP contribution in [0.4, 0.5) is 4.39 Å². The molecule has 0 atom stereocenters. The van der Waals surface area contributed by atoms with Crippen molar-refractivity contribution in [2.75, 3.05) is 7.05 Å². The largest absolute Gasteiger partial charge is 0.337 e. The fraction of sp³-hybridized carbons (Fsp3) is 0.154. The van der Waals surface area contributed by atoms with E-state index < -0.39 is 21.7 Å². The molecule has 1 amide bonds. The highest BCUT2D eigenvalue weighted by Gasteiger charge is 2.18. The molecule has 1 heterocycles. The van der Waals surface area contributed by atoms with E-state index in [1.807, 2.05) is 0 Å². The van der Waals surface area contributed by atoms with Crippen molar-refractivity contribution in [3.8, 4) is 0 Å². The zero-order chi connectivity index (χ0) is 15.6. The molecule has 0 aliphatic rings. The van der Waals surface area contributed by atoms with Crippen LogP contribution in [0.5, 0.6) is 0 Å². The van der Waals surface area contributed by atoms with Gasteiger partial charge < -0.3 is 4.90 Å². The monoisotopic (exact) mass is 328 g/mol. The van der Waals surface area contributed by atoms with Crippen molar-refractivity contribution in [2.24, 2.45) is 5.14 Å². The molecule has 21 heavy (non-hydrogen) atoms. The van der Waals surface area contributed by atoms with Crippen LogP contribution in [0.2, 0.25) is 0 Å². The Balaban J connectivity index is 2.16. The molecule has 1 aromatic heterocycles.